The van der Waals surface area contributed by atoms with Crippen molar-refractivity contribution in [2.24, 2.45) is 0 Å². The SMILES string of the molecule is CCN(CC)C(CNC(=O)N(C)CCC(=O)O)c1ccc(C(F)(F)F)cc1. The summed E-state index contributed by atoms with van der Waals surface area (Å²) >= 11 is 0. The third-order valence-corrected chi connectivity index (χ3v) is 4.33. The van der Waals surface area contributed by atoms with Gasteiger partial charge in [-0.05, 0) is 30.8 Å². The molecule has 2 N–H and O–H groups in total. The second kappa shape index (κ2) is 10.1. The number of benzene rings is 1. The molecule has 1 atom stereocenters. The zero-order valence-corrected chi connectivity index (χ0v) is 15.7. The zero-order valence-electron chi connectivity index (χ0n) is 15.7. The molecule has 0 spiro atoms. The number of amides is 2. The van der Waals surface area contributed by atoms with E-state index < -0.39 is 23.7 Å². The molecule has 9 heteroatoms. The van der Waals surface area contributed by atoms with Gasteiger partial charge in [0, 0.05) is 20.1 Å². The van der Waals surface area contributed by atoms with Crippen molar-refractivity contribution in [2.75, 3.05) is 33.2 Å². The molecule has 1 aromatic rings. The minimum absolute atomic E-state index is 0.0668. The van der Waals surface area contributed by atoms with Crippen LogP contribution in [0.5, 0.6) is 0 Å². The van der Waals surface area contributed by atoms with Crippen molar-refractivity contribution in [3.05, 3.63) is 35.4 Å². The molecule has 1 aromatic carbocycles. The standard InChI is InChI=1S/C18H26F3N3O3/c1-4-24(5-2)15(12-22-17(27)23(3)11-10-16(25)26)13-6-8-14(9-7-13)18(19,20)21/h6-9,15H,4-5,10-12H2,1-3H3,(H,22,27)(H,25,26). The molecule has 0 heterocycles. The van der Waals surface area contributed by atoms with Gasteiger partial charge in [-0.3, -0.25) is 9.69 Å². The fourth-order valence-electron chi connectivity index (χ4n) is 2.70. The van der Waals surface area contributed by atoms with E-state index in [1.54, 1.807) is 0 Å². The summed E-state index contributed by atoms with van der Waals surface area (Å²) in [4.78, 5) is 26.0. The minimum Gasteiger partial charge on any atom is -0.481 e. The number of likely N-dealkylation sites (N-methyl/N-ethyl adjacent to an activating group) is 1. The lowest BCUT2D eigenvalue weighted by molar-refractivity contribution is -0.138. The summed E-state index contributed by atoms with van der Waals surface area (Å²) in [6.07, 6.45) is -4.56. The number of rotatable bonds is 9. The topological polar surface area (TPSA) is 72.9 Å². The number of alkyl halides is 3. The molecular weight excluding hydrogens is 363 g/mol. The van der Waals surface area contributed by atoms with E-state index in [0.717, 1.165) is 12.1 Å². The Morgan fingerprint density at radius 3 is 2.15 bits per heavy atom. The second-order valence-electron chi connectivity index (χ2n) is 6.11. The van der Waals surface area contributed by atoms with Crippen LogP contribution < -0.4 is 5.32 Å². The van der Waals surface area contributed by atoms with Crippen molar-refractivity contribution in [3.8, 4) is 0 Å². The quantitative estimate of drug-likeness (QED) is 0.680. The third kappa shape index (κ3) is 7.09. The number of carbonyl (C=O) groups is 2. The molecule has 0 aliphatic heterocycles. The molecule has 6 nitrogen and oxygen atoms in total. The summed E-state index contributed by atoms with van der Waals surface area (Å²) in [7, 11) is 1.49. The van der Waals surface area contributed by atoms with Gasteiger partial charge >= 0.3 is 18.2 Å². The average molecular weight is 389 g/mol. The maximum Gasteiger partial charge on any atom is 0.416 e. The van der Waals surface area contributed by atoms with E-state index in [0.29, 0.717) is 18.7 Å². The van der Waals surface area contributed by atoms with E-state index in [-0.39, 0.29) is 25.6 Å². The molecule has 1 rings (SSSR count). The van der Waals surface area contributed by atoms with E-state index in [2.05, 4.69) is 5.32 Å². The first-order chi connectivity index (χ1) is 12.6. The van der Waals surface area contributed by atoms with Gasteiger partial charge in [0.1, 0.15) is 0 Å². The van der Waals surface area contributed by atoms with Crippen LogP contribution in [0.15, 0.2) is 24.3 Å². The van der Waals surface area contributed by atoms with Gasteiger partial charge in [0.15, 0.2) is 0 Å². The number of nitrogens with one attached hydrogen (secondary N) is 1. The first kappa shape index (κ1) is 22.8. The molecule has 0 aliphatic carbocycles. The molecule has 0 aliphatic rings. The molecule has 152 valence electrons. The average Bonchev–Trinajstić information content (AvgIpc) is 2.62. The van der Waals surface area contributed by atoms with Gasteiger partial charge in [-0.1, -0.05) is 26.0 Å². The van der Waals surface area contributed by atoms with E-state index in [9.17, 15) is 22.8 Å². The summed E-state index contributed by atoms with van der Waals surface area (Å²) in [5.74, 6) is -1.000. The summed E-state index contributed by atoms with van der Waals surface area (Å²) in [5, 5.41) is 11.4. The minimum atomic E-state index is -4.40. The van der Waals surface area contributed by atoms with E-state index >= 15 is 0 Å². The van der Waals surface area contributed by atoms with Gasteiger partial charge in [-0.15, -0.1) is 0 Å². The van der Waals surface area contributed by atoms with Crippen LogP contribution in [0, 0.1) is 0 Å². The molecule has 0 saturated heterocycles. The third-order valence-electron chi connectivity index (χ3n) is 4.33. The molecule has 0 bridgehead atoms. The monoisotopic (exact) mass is 389 g/mol. The highest BCUT2D eigenvalue weighted by molar-refractivity contribution is 5.75. The van der Waals surface area contributed by atoms with Gasteiger partial charge in [-0.25, -0.2) is 4.79 Å². The van der Waals surface area contributed by atoms with Crippen molar-refractivity contribution < 1.29 is 27.9 Å². The molecular formula is C18H26F3N3O3. The summed E-state index contributed by atoms with van der Waals surface area (Å²) < 4.78 is 38.3. The maximum atomic E-state index is 12.8. The van der Waals surface area contributed by atoms with Crippen LogP contribution in [-0.4, -0.2) is 60.1 Å². The Bertz CT molecular complexity index is 617. The van der Waals surface area contributed by atoms with Gasteiger partial charge in [0.2, 0.25) is 0 Å². The summed E-state index contributed by atoms with van der Waals surface area (Å²) in [6.45, 7) is 5.45. The lowest BCUT2D eigenvalue weighted by atomic mass is 10.0. The maximum absolute atomic E-state index is 12.8. The molecule has 0 aromatic heterocycles. The number of nitrogens with zero attached hydrogens (tertiary/aromatic N) is 2. The number of carbonyl (C=O) groups excluding carboxylic acids is 1. The molecule has 2 amide bonds. The molecule has 0 saturated carbocycles. The van der Waals surface area contributed by atoms with Crippen molar-refractivity contribution in [2.45, 2.75) is 32.5 Å². The Morgan fingerprint density at radius 1 is 1.15 bits per heavy atom. The van der Waals surface area contributed by atoms with Crippen LogP contribution in [0.2, 0.25) is 0 Å². The fourth-order valence-corrected chi connectivity index (χ4v) is 2.70. The summed E-state index contributed by atoms with van der Waals surface area (Å²) in [5.41, 5.74) is -0.0535. The van der Waals surface area contributed by atoms with Gasteiger partial charge < -0.3 is 15.3 Å². The highest BCUT2D eigenvalue weighted by atomic mass is 19.4. The van der Waals surface area contributed by atoms with Crippen molar-refractivity contribution in [1.82, 2.24) is 15.1 Å². The van der Waals surface area contributed by atoms with Crippen LogP contribution in [0.25, 0.3) is 0 Å². The Balaban J connectivity index is 2.86. The molecule has 0 fully saturated rings. The lowest BCUT2D eigenvalue weighted by Gasteiger charge is -2.31. The first-order valence-corrected chi connectivity index (χ1v) is 8.72. The number of carboxylic acids is 1. The number of carboxylic acid groups (broad SMARTS) is 1. The highest BCUT2D eigenvalue weighted by Gasteiger charge is 2.30. The zero-order chi connectivity index (χ0) is 20.6. The van der Waals surface area contributed by atoms with E-state index in [4.69, 9.17) is 5.11 Å². The van der Waals surface area contributed by atoms with Gasteiger partial charge in [0.05, 0.1) is 18.0 Å². The predicted molar refractivity (Wildman–Crippen MR) is 95.4 cm³/mol. The predicted octanol–water partition coefficient (Wildman–Crippen LogP) is 3.20. The van der Waals surface area contributed by atoms with Crippen LogP contribution in [0.3, 0.4) is 0 Å². The summed E-state index contributed by atoms with van der Waals surface area (Å²) in [6, 6.07) is 4.19. The van der Waals surface area contributed by atoms with Crippen LogP contribution in [-0.2, 0) is 11.0 Å². The number of halogens is 3. The van der Waals surface area contributed by atoms with E-state index in [1.807, 2.05) is 18.7 Å². The first-order valence-electron chi connectivity index (χ1n) is 8.72. The number of hydrogen-bond donors (Lipinski definition) is 2. The highest BCUT2D eigenvalue weighted by Crippen LogP contribution is 2.30. The van der Waals surface area contributed by atoms with Crippen molar-refractivity contribution in [1.29, 1.82) is 0 Å². The Hall–Kier alpha value is -2.29. The van der Waals surface area contributed by atoms with Gasteiger partial charge in [-0.2, -0.15) is 13.2 Å². The number of hydrogen-bond acceptors (Lipinski definition) is 3. The molecule has 27 heavy (non-hydrogen) atoms. The van der Waals surface area contributed by atoms with Crippen LogP contribution in [0.1, 0.15) is 37.4 Å². The van der Waals surface area contributed by atoms with Gasteiger partial charge in [0.25, 0.3) is 0 Å². The van der Waals surface area contributed by atoms with Crippen molar-refractivity contribution >= 4 is 12.0 Å². The Morgan fingerprint density at radius 2 is 1.70 bits per heavy atom. The molecule has 0 radical (unpaired) electrons. The molecule has 1 unspecified atom stereocenters. The Kier molecular flexibility index (Phi) is 8.55. The smallest absolute Gasteiger partial charge is 0.416 e. The largest absolute Gasteiger partial charge is 0.481 e. The van der Waals surface area contributed by atoms with Crippen LogP contribution >= 0.6 is 0 Å². The Labute approximate surface area is 156 Å². The van der Waals surface area contributed by atoms with Crippen molar-refractivity contribution in [3.63, 3.8) is 0 Å². The fraction of sp³-hybridized carbons (Fsp3) is 0.556. The van der Waals surface area contributed by atoms with Crippen LogP contribution in [0.4, 0.5) is 18.0 Å². The number of urea groups is 1. The number of aliphatic carboxylic acids is 1. The second-order valence-corrected chi connectivity index (χ2v) is 6.11. The van der Waals surface area contributed by atoms with E-state index in [1.165, 1.54) is 24.1 Å². The lowest BCUT2D eigenvalue weighted by Crippen LogP contribution is -2.43. The normalized spacial score (nSPS) is 12.7.